The maximum Gasteiger partial charge on any atom is 0.243 e. The first-order valence-electron chi connectivity index (χ1n) is 11.1. The van der Waals surface area contributed by atoms with E-state index in [1.165, 1.54) is 10.7 Å². The maximum absolute atomic E-state index is 13.3. The molecule has 1 atom stereocenters. The summed E-state index contributed by atoms with van der Waals surface area (Å²) in [4.78, 5) is 13.0. The van der Waals surface area contributed by atoms with Crippen LogP contribution in [-0.4, -0.2) is 52.8 Å². The van der Waals surface area contributed by atoms with Gasteiger partial charge in [0.05, 0.1) is 16.3 Å². The summed E-state index contributed by atoms with van der Waals surface area (Å²) in [6.45, 7) is 3.48. The number of sulfonamides is 1. The van der Waals surface area contributed by atoms with Crippen LogP contribution in [-0.2, 0) is 21.4 Å². The standard InChI is InChI=1S/C21H31N5O3S/c1-2-12-26-20-11-10-18(14-19(20)23-24-26)30(28,29)25-13-6-7-16(15-25)21(27)22-17-8-4-3-5-9-17/h10-11,14,16-17H,2-9,12-13,15H2,1H3,(H,22,27)/t16-/m0/s1. The van der Waals surface area contributed by atoms with Crippen molar-refractivity contribution in [3.8, 4) is 0 Å². The van der Waals surface area contributed by atoms with Crippen molar-refractivity contribution in [1.82, 2.24) is 24.6 Å². The van der Waals surface area contributed by atoms with Gasteiger partial charge in [0.2, 0.25) is 15.9 Å². The lowest BCUT2D eigenvalue weighted by molar-refractivity contribution is -0.127. The van der Waals surface area contributed by atoms with Crippen molar-refractivity contribution in [1.29, 1.82) is 0 Å². The number of hydrogen-bond acceptors (Lipinski definition) is 5. The number of carbonyl (C=O) groups is 1. The van der Waals surface area contributed by atoms with Crippen molar-refractivity contribution in [3.63, 3.8) is 0 Å². The van der Waals surface area contributed by atoms with Gasteiger partial charge in [0, 0.05) is 25.7 Å². The molecule has 4 rings (SSSR count). The van der Waals surface area contributed by atoms with Gasteiger partial charge in [-0.2, -0.15) is 4.31 Å². The molecule has 1 aromatic carbocycles. The zero-order valence-electron chi connectivity index (χ0n) is 17.6. The zero-order valence-corrected chi connectivity index (χ0v) is 18.4. The van der Waals surface area contributed by atoms with Crippen LogP contribution in [0.5, 0.6) is 0 Å². The first-order valence-corrected chi connectivity index (χ1v) is 12.6. The highest BCUT2D eigenvalue weighted by molar-refractivity contribution is 7.89. The third kappa shape index (κ3) is 4.37. The second-order valence-electron chi connectivity index (χ2n) is 8.51. The number of benzene rings is 1. The fourth-order valence-electron chi connectivity index (χ4n) is 4.58. The number of piperidine rings is 1. The molecule has 2 fully saturated rings. The van der Waals surface area contributed by atoms with E-state index in [1.807, 2.05) is 0 Å². The molecule has 8 nitrogen and oxygen atoms in total. The van der Waals surface area contributed by atoms with Gasteiger partial charge in [-0.3, -0.25) is 4.79 Å². The van der Waals surface area contributed by atoms with E-state index in [0.717, 1.165) is 50.6 Å². The molecule has 1 aliphatic carbocycles. The molecule has 30 heavy (non-hydrogen) atoms. The fraction of sp³-hybridized carbons (Fsp3) is 0.667. The molecule has 1 saturated heterocycles. The molecule has 0 spiro atoms. The topological polar surface area (TPSA) is 97.2 Å². The Hall–Kier alpha value is -2.00. The average Bonchev–Trinajstić information content (AvgIpc) is 3.17. The predicted octanol–water partition coefficient (Wildman–Crippen LogP) is 2.69. The lowest BCUT2D eigenvalue weighted by Crippen LogP contribution is -2.47. The number of nitrogens with one attached hydrogen (secondary N) is 1. The molecule has 1 saturated carbocycles. The maximum atomic E-state index is 13.3. The van der Waals surface area contributed by atoms with Crippen molar-refractivity contribution in [3.05, 3.63) is 18.2 Å². The molecule has 1 aromatic heterocycles. The van der Waals surface area contributed by atoms with E-state index in [-0.39, 0.29) is 29.3 Å². The van der Waals surface area contributed by atoms with E-state index >= 15 is 0 Å². The average molecular weight is 434 g/mol. The number of aromatic nitrogens is 3. The number of aryl methyl sites for hydroxylation is 1. The van der Waals surface area contributed by atoms with Gasteiger partial charge >= 0.3 is 0 Å². The highest BCUT2D eigenvalue weighted by atomic mass is 32.2. The Balaban J connectivity index is 1.48. The highest BCUT2D eigenvalue weighted by Crippen LogP contribution is 2.26. The smallest absolute Gasteiger partial charge is 0.243 e. The summed E-state index contributed by atoms with van der Waals surface area (Å²) in [6.07, 6.45) is 7.95. The summed E-state index contributed by atoms with van der Waals surface area (Å²) in [5, 5.41) is 11.4. The van der Waals surface area contributed by atoms with Gasteiger partial charge in [0.1, 0.15) is 5.52 Å². The summed E-state index contributed by atoms with van der Waals surface area (Å²) in [7, 11) is -3.68. The first kappa shape index (κ1) is 21.2. The number of carbonyl (C=O) groups excluding carboxylic acids is 1. The van der Waals surface area contributed by atoms with E-state index in [2.05, 4.69) is 22.6 Å². The number of hydrogen-bond donors (Lipinski definition) is 1. The van der Waals surface area contributed by atoms with Crippen molar-refractivity contribution < 1.29 is 13.2 Å². The van der Waals surface area contributed by atoms with Crippen molar-refractivity contribution >= 4 is 27.0 Å². The molecular formula is C21H31N5O3S. The molecule has 0 radical (unpaired) electrons. The van der Waals surface area contributed by atoms with Crippen molar-refractivity contribution in [2.24, 2.45) is 5.92 Å². The normalized spacial score (nSPS) is 21.7. The molecule has 0 bridgehead atoms. The second kappa shape index (κ2) is 9.01. The third-order valence-electron chi connectivity index (χ3n) is 6.27. The van der Waals surface area contributed by atoms with Crippen LogP contribution in [0.25, 0.3) is 11.0 Å². The fourth-order valence-corrected chi connectivity index (χ4v) is 6.12. The summed E-state index contributed by atoms with van der Waals surface area (Å²) in [5.41, 5.74) is 1.41. The largest absolute Gasteiger partial charge is 0.353 e. The minimum absolute atomic E-state index is 0.000222. The second-order valence-corrected chi connectivity index (χ2v) is 10.4. The molecule has 2 aliphatic rings. The van der Waals surface area contributed by atoms with Crippen LogP contribution in [0, 0.1) is 5.92 Å². The van der Waals surface area contributed by atoms with Crippen LogP contribution in [0.2, 0.25) is 0 Å². The Bertz CT molecular complexity index is 997. The number of fused-ring (bicyclic) bond motifs is 1. The van der Waals surface area contributed by atoms with Crippen LogP contribution in [0.3, 0.4) is 0 Å². The first-order chi connectivity index (χ1) is 14.5. The monoisotopic (exact) mass is 433 g/mol. The number of nitrogens with zero attached hydrogens (tertiary/aromatic N) is 4. The van der Waals surface area contributed by atoms with Crippen LogP contribution < -0.4 is 5.32 Å². The van der Waals surface area contributed by atoms with Crippen LogP contribution in [0.1, 0.15) is 58.3 Å². The lowest BCUT2D eigenvalue weighted by atomic mass is 9.93. The summed E-state index contributed by atoms with van der Waals surface area (Å²) < 4.78 is 29.8. The van der Waals surface area contributed by atoms with Crippen LogP contribution >= 0.6 is 0 Å². The minimum atomic E-state index is -3.68. The molecule has 2 aromatic rings. The minimum Gasteiger partial charge on any atom is -0.353 e. The Morgan fingerprint density at radius 3 is 2.73 bits per heavy atom. The van der Waals surface area contributed by atoms with Crippen LogP contribution in [0.4, 0.5) is 0 Å². The molecule has 1 aliphatic heterocycles. The van der Waals surface area contributed by atoms with Crippen molar-refractivity contribution in [2.75, 3.05) is 13.1 Å². The van der Waals surface area contributed by atoms with E-state index < -0.39 is 10.0 Å². The third-order valence-corrected chi connectivity index (χ3v) is 8.13. The van der Waals surface area contributed by atoms with Gasteiger partial charge in [-0.05, 0) is 50.3 Å². The Morgan fingerprint density at radius 1 is 1.17 bits per heavy atom. The predicted molar refractivity (Wildman–Crippen MR) is 114 cm³/mol. The molecule has 9 heteroatoms. The molecular weight excluding hydrogens is 402 g/mol. The molecule has 2 heterocycles. The molecule has 164 valence electrons. The molecule has 1 amide bonds. The van der Waals surface area contributed by atoms with E-state index in [9.17, 15) is 13.2 Å². The molecule has 1 N–H and O–H groups in total. The molecule has 0 unspecified atom stereocenters. The Kier molecular flexibility index (Phi) is 6.38. The van der Waals surface area contributed by atoms with Crippen LogP contribution in [0.15, 0.2) is 23.1 Å². The highest BCUT2D eigenvalue weighted by Gasteiger charge is 2.34. The Labute approximate surface area is 178 Å². The Morgan fingerprint density at radius 2 is 1.97 bits per heavy atom. The van der Waals surface area contributed by atoms with Gasteiger partial charge in [-0.15, -0.1) is 5.10 Å². The van der Waals surface area contributed by atoms with Crippen molar-refractivity contribution in [2.45, 2.75) is 75.8 Å². The summed E-state index contributed by atoms with van der Waals surface area (Å²) >= 11 is 0. The van der Waals surface area contributed by atoms with E-state index in [4.69, 9.17) is 0 Å². The van der Waals surface area contributed by atoms with Gasteiger partial charge in [-0.25, -0.2) is 13.1 Å². The zero-order chi connectivity index (χ0) is 21.1. The summed E-state index contributed by atoms with van der Waals surface area (Å²) in [5.74, 6) is -0.288. The SMILES string of the molecule is CCCn1nnc2cc(S(=O)(=O)N3CCC[C@H](C(=O)NC4CCCCC4)C3)ccc21. The van der Waals surface area contributed by atoms with E-state index in [0.29, 0.717) is 18.5 Å². The van der Waals surface area contributed by atoms with Gasteiger partial charge in [0.25, 0.3) is 0 Å². The summed E-state index contributed by atoms with van der Waals surface area (Å²) in [6, 6.07) is 5.23. The number of rotatable bonds is 6. The van der Waals surface area contributed by atoms with E-state index in [1.54, 1.807) is 22.9 Å². The lowest BCUT2D eigenvalue weighted by Gasteiger charge is -2.32. The van der Waals surface area contributed by atoms with Gasteiger partial charge in [-0.1, -0.05) is 31.4 Å². The quantitative estimate of drug-likeness (QED) is 0.755. The van der Waals surface area contributed by atoms with Gasteiger partial charge < -0.3 is 5.32 Å². The van der Waals surface area contributed by atoms with Gasteiger partial charge in [0.15, 0.2) is 0 Å². The number of amides is 1.